The summed E-state index contributed by atoms with van der Waals surface area (Å²) in [4.78, 5) is 5.24. The molecule has 0 fully saturated rings. The van der Waals surface area contributed by atoms with Gasteiger partial charge in [-0.05, 0) is 18.6 Å². The number of oxime groups is 1. The highest BCUT2D eigenvalue weighted by atomic mass is 35.5. The summed E-state index contributed by atoms with van der Waals surface area (Å²) in [6.45, 7) is 3.30. The van der Waals surface area contributed by atoms with Crippen LogP contribution in [0.15, 0.2) is 59.8 Å². The second kappa shape index (κ2) is 12.0. The first-order valence-corrected chi connectivity index (χ1v) is 10.1. The van der Waals surface area contributed by atoms with Gasteiger partial charge >= 0.3 is 0 Å². The van der Waals surface area contributed by atoms with Crippen molar-refractivity contribution in [1.82, 2.24) is 5.32 Å². The topological polar surface area (TPSA) is 53.9 Å². The first kappa shape index (κ1) is 20.8. The number of nitrogens with one attached hydrogen (secondary N) is 1. The number of halogens is 1. The second-order valence-electron chi connectivity index (χ2n) is 5.85. The molecule has 2 N–H and O–H groups in total. The van der Waals surface area contributed by atoms with Crippen molar-refractivity contribution in [2.45, 2.75) is 18.8 Å². The fraction of sp³-hybridized carbons (Fsp3) is 0.350. The Morgan fingerprint density at radius 1 is 1.19 bits per heavy atom. The van der Waals surface area contributed by atoms with Gasteiger partial charge in [0.2, 0.25) is 0 Å². The minimum absolute atomic E-state index is 0.145. The second-order valence-corrected chi connectivity index (χ2v) is 7.36. The molecule has 2 rings (SSSR count). The van der Waals surface area contributed by atoms with Gasteiger partial charge in [-0.25, -0.2) is 0 Å². The SMILES string of the molecule is C/C(=N\OCC(O)CNCCSCc1ccccc1)c1ccccc1Cl. The Morgan fingerprint density at radius 2 is 1.92 bits per heavy atom. The third-order valence-electron chi connectivity index (χ3n) is 3.65. The normalized spacial score (nSPS) is 12.8. The monoisotopic (exact) mass is 392 g/mol. The summed E-state index contributed by atoms with van der Waals surface area (Å²) < 4.78 is 0. The van der Waals surface area contributed by atoms with Crippen LogP contribution in [0.2, 0.25) is 5.02 Å². The summed E-state index contributed by atoms with van der Waals surface area (Å²) in [7, 11) is 0. The van der Waals surface area contributed by atoms with Crippen molar-refractivity contribution in [2.75, 3.05) is 25.4 Å². The minimum Gasteiger partial charge on any atom is -0.393 e. The molecule has 2 aromatic carbocycles. The largest absolute Gasteiger partial charge is 0.393 e. The summed E-state index contributed by atoms with van der Waals surface area (Å²) in [5.74, 6) is 2.00. The van der Waals surface area contributed by atoms with E-state index < -0.39 is 6.10 Å². The van der Waals surface area contributed by atoms with Gasteiger partial charge in [0.1, 0.15) is 12.7 Å². The maximum atomic E-state index is 9.93. The predicted octanol–water partition coefficient (Wildman–Crippen LogP) is 3.96. The highest BCUT2D eigenvalue weighted by Crippen LogP contribution is 2.15. The van der Waals surface area contributed by atoms with E-state index in [0.717, 1.165) is 23.6 Å². The Balaban J connectivity index is 1.55. The van der Waals surface area contributed by atoms with Gasteiger partial charge in [-0.3, -0.25) is 0 Å². The van der Waals surface area contributed by atoms with Crippen molar-refractivity contribution in [1.29, 1.82) is 0 Å². The number of nitrogens with zero attached hydrogens (tertiary/aromatic N) is 1. The number of hydrogen-bond donors (Lipinski definition) is 2. The summed E-state index contributed by atoms with van der Waals surface area (Å²) in [6.07, 6.45) is -0.600. The molecule has 140 valence electrons. The van der Waals surface area contributed by atoms with Crippen molar-refractivity contribution in [3.05, 3.63) is 70.7 Å². The van der Waals surface area contributed by atoms with E-state index >= 15 is 0 Å². The van der Waals surface area contributed by atoms with E-state index in [9.17, 15) is 5.11 Å². The van der Waals surface area contributed by atoms with E-state index in [1.165, 1.54) is 5.56 Å². The van der Waals surface area contributed by atoms with E-state index in [4.69, 9.17) is 16.4 Å². The van der Waals surface area contributed by atoms with Gasteiger partial charge in [0.25, 0.3) is 0 Å². The average molecular weight is 393 g/mol. The number of hydrogen-bond acceptors (Lipinski definition) is 5. The Hall–Kier alpha value is -1.53. The molecule has 0 aliphatic rings. The van der Waals surface area contributed by atoms with Crippen LogP contribution < -0.4 is 5.32 Å². The fourth-order valence-electron chi connectivity index (χ4n) is 2.26. The first-order chi connectivity index (χ1) is 12.7. The van der Waals surface area contributed by atoms with Crippen LogP contribution in [0.25, 0.3) is 0 Å². The van der Waals surface area contributed by atoms with Crippen molar-refractivity contribution >= 4 is 29.1 Å². The van der Waals surface area contributed by atoms with Gasteiger partial charge in [-0.15, -0.1) is 0 Å². The number of rotatable bonds is 11. The molecule has 0 saturated heterocycles. The number of benzene rings is 2. The zero-order valence-electron chi connectivity index (χ0n) is 14.9. The number of thioether (sulfide) groups is 1. The van der Waals surface area contributed by atoms with E-state index in [-0.39, 0.29) is 6.61 Å². The third kappa shape index (κ3) is 7.79. The molecule has 1 unspecified atom stereocenters. The van der Waals surface area contributed by atoms with E-state index in [2.05, 4.69) is 34.7 Å². The molecule has 1 atom stereocenters. The van der Waals surface area contributed by atoms with Crippen molar-refractivity contribution < 1.29 is 9.94 Å². The summed E-state index contributed by atoms with van der Waals surface area (Å²) in [6, 6.07) is 17.9. The van der Waals surface area contributed by atoms with Crippen molar-refractivity contribution in [2.24, 2.45) is 5.16 Å². The molecule has 4 nitrogen and oxygen atoms in total. The van der Waals surface area contributed by atoms with E-state index in [1.54, 1.807) is 0 Å². The Labute approximate surface area is 164 Å². The fourth-order valence-corrected chi connectivity index (χ4v) is 3.39. The predicted molar refractivity (Wildman–Crippen MR) is 111 cm³/mol. The molecule has 0 amide bonds. The van der Waals surface area contributed by atoms with E-state index in [0.29, 0.717) is 17.3 Å². The zero-order valence-corrected chi connectivity index (χ0v) is 16.5. The zero-order chi connectivity index (χ0) is 18.6. The molecule has 0 spiro atoms. The van der Waals surface area contributed by atoms with Crippen LogP contribution in [0.5, 0.6) is 0 Å². The maximum Gasteiger partial charge on any atom is 0.144 e. The molecule has 0 aliphatic carbocycles. The lowest BCUT2D eigenvalue weighted by Crippen LogP contribution is -2.31. The third-order valence-corrected chi connectivity index (χ3v) is 5.01. The van der Waals surface area contributed by atoms with Crippen LogP contribution >= 0.6 is 23.4 Å². The molecular formula is C20H25ClN2O2S. The molecule has 2 aromatic rings. The van der Waals surface area contributed by atoms with Crippen molar-refractivity contribution in [3.8, 4) is 0 Å². The lowest BCUT2D eigenvalue weighted by atomic mass is 10.1. The number of aliphatic hydroxyl groups excluding tert-OH is 1. The lowest BCUT2D eigenvalue weighted by Gasteiger charge is -2.11. The van der Waals surface area contributed by atoms with Crippen LogP contribution in [0.4, 0.5) is 0 Å². The number of aliphatic hydroxyl groups is 1. The minimum atomic E-state index is -0.600. The quantitative estimate of drug-likeness (QED) is 0.345. The molecule has 0 saturated carbocycles. The smallest absolute Gasteiger partial charge is 0.144 e. The van der Waals surface area contributed by atoms with Crippen LogP contribution in [0.3, 0.4) is 0 Å². The molecule has 6 heteroatoms. The highest BCUT2D eigenvalue weighted by molar-refractivity contribution is 7.98. The van der Waals surface area contributed by atoms with Gasteiger partial charge in [-0.1, -0.05) is 65.3 Å². The summed E-state index contributed by atoms with van der Waals surface area (Å²) >= 11 is 7.98. The Morgan fingerprint density at radius 3 is 2.69 bits per heavy atom. The first-order valence-electron chi connectivity index (χ1n) is 8.58. The van der Waals surface area contributed by atoms with E-state index in [1.807, 2.05) is 49.0 Å². The Bertz CT molecular complexity index is 683. The summed E-state index contributed by atoms with van der Waals surface area (Å²) in [5, 5.41) is 17.8. The van der Waals surface area contributed by atoms with Crippen LogP contribution in [0.1, 0.15) is 18.1 Å². The van der Waals surface area contributed by atoms with Gasteiger partial charge in [-0.2, -0.15) is 11.8 Å². The molecular weight excluding hydrogens is 368 g/mol. The highest BCUT2D eigenvalue weighted by Gasteiger charge is 2.06. The lowest BCUT2D eigenvalue weighted by molar-refractivity contribution is 0.0407. The molecule has 0 heterocycles. The standard InChI is InChI=1S/C20H25ClN2O2S/c1-16(19-9-5-6-10-20(19)21)23-25-14-18(24)13-22-11-12-26-15-17-7-3-2-4-8-17/h2-10,18,22,24H,11-15H2,1H3/b23-16+. The molecule has 0 radical (unpaired) electrons. The maximum absolute atomic E-state index is 9.93. The van der Waals surface area contributed by atoms with Gasteiger partial charge in [0.05, 0.1) is 5.71 Å². The average Bonchev–Trinajstić information content (AvgIpc) is 2.65. The van der Waals surface area contributed by atoms with Gasteiger partial charge < -0.3 is 15.3 Å². The van der Waals surface area contributed by atoms with Crippen molar-refractivity contribution in [3.63, 3.8) is 0 Å². The van der Waals surface area contributed by atoms with Crippen LogP contribution in [0, 0.1) is 0 Å². The van der Waals surface area contributed by atoms with Crippen LogP contribution in [-0.4, -0.2) is 42.4 Å². The molecule has 0 bridgehead atoms. The molecule has 26 heavy (non-hydrogen) atoms. The molecule has 0 aliphatic heterocycles. The van der Waals surface area contributed by atoms with Gasteiger partial charge in [0, 0.05) is 35.2 Å². The van der Waals surface area contributed by atoms with Crippen LogP contribution in [-0.2, 0) is 10.6 Å². The van der Waals surface area contributed by atoms with Gasteiger partial charge in [0.15, 0.2) is 0 Å². The summed E-state index contributed by atoms with van der Waals surface area (Å²) in [5.41, 5.74) is 2.85. The molecule has 0 aromatic heterocycles. The Kier molecular flexibility index (Phi) is 9.56.